The summed E-state index contributed by atoms with van der Waals surface area (Å²) in [4.78, 5) is 0.105. The average molecular weight is 319 g/mol. The van der Waals surface area contributed by atoms with Crippen molar-refractivity contribution in [1.29, 1.82) is 0 Å². The van der Waals surface area contributed by atoms with Crippen molar-refractivity contribution in [3.05, 3.63) is 35.7 Å². The average Bonchev–Trinajstić information content (AvgIpc) is 2.97. The molecule has 4 nitrogen and oxygen atoms in total. The normalized spacial score (nSPS) is 12.2. The van der Waals surface area contributed by atoms with Crippen LogP contribution in [0.2, 0.25) is 0 Å². The topological polar surface area (TPSA) is 43.1 Å². The fourth-order valence-electron chi connectivity index (χ4n) is 1.65. The molecular formula is C11H6ClF3N4S. The highest BCUT2D eigenvalue weighted by Gasteiger charge is 2.38. The van der Waals surface area contributed by atoms with Gasteiger partial charge in [-0.1, -0.05) is 35.6 Å². The Hall–Kier alpha value is -1.67. The minimum atomic E-state index is -4.58. The third kappa shape index (κ3) is 2.25. The zero-order valence-electron chi connectivity index (χ0n) is 9.73. The van der Waals surface area contributed by atoms with Crippen LogP contribution >= 0.6 is 22.9 Å². The highest BCUT2D eigenvalue weighted by molar-refractivity contribution is 7.19. The van der Waals surface area contributed by atoms with Gasteiger partial charge >= 0.3 is 6.18 Å². The number of fused-ring (bicyclic) bond motifs is 1. The minimum absolute atomic E-state index is 0.105. The molecule has 1 aromatic carbocycles. The number of rotatable bonds is 2. The Kier molecular flexibility index (Phi) is 3.14. The van der Waals surface area contributed by atoms with E-state index in [9.17, 15) is 13.2 Å². The van der Waals surface area contributed by atoms with E-state index in [2.05, 4.69) is 15.3 Å². The van der Waals surface area contributed by atoms with Gasteiger partial charge in [-0.05, 0) is 5.56 Å². The van der Waals surface area contributed by atoms with E-state index in [1.165, 1.54) is 0 Å². The highest BCUT2D eigenvalue weighted by Crippen LogP contribution is 2.31. The van der Waals surface area contributed by atoms with Crippen LogP contribution in [0.3, 0.4) is 0 Å². The van der Waals surface area contributed by atoms with Gasteiger partial charge in [-0.2, -0.15) is 22.8 Å². The molecule has 0 atom stereocenters. The molecule has 0 unspecified atom stereocenters. The summed E-state index contributed by atoms with van der Waals surface area (Å²) >= 11 is 6.73. The van der Waals surface area contributed by atoms with E-state index in [1.54, 1.807) is 24.3 Å². The Morgan fingerprint density at radius 1 is 1.15 bits per heavy atom. The van der Waals surface area contributed by atoms with Gasteiger partial charge in [0.25, 0.3) is 5.82 Å². The van der Waals surface area contributed by atoms with Crippen molar-refractivity contribution in [1.82, 2.24) is 19.8 Å². The molecule has 0 radical (unpaired) electrons. The fraction of sp³-hybridized carbons (Fsp3) is 0.182. The molecule has 104 valence electrons. The zero-order chi connectivity index (χ0) is 14.3. The van der Waals surface area contributed by atoms with Crippen LogP contribution in [0.15, 0.2) is 24.3 Å². The minimum Gasteiger partial charge on any atom is -0.178 e. The quantitative estimate of drug-likeness (QED) is 0.678. The molecule has 3 aromatic rings. The maximum absolute atomic E-state index is 12.7. The number of hydrogen-bond acceptors (Lipinski definition) is 4. The summed E-state index contributed by atoms with van der Waals surface area (Å²) < 4.78 is 38.8. The number of aromatic nitrogens is 4. The number of hydrogen-bond donors (Lipinski definition) is 0. The van der Waals surface area contributed by atoms with Gasteiger partial charge in [-0.15, -0.1) is 21.8 Å². The lowest BCUT2D eigenvalue weighted by Gasteiger charge is -2.00. The van der Waals surface area contributed by atoms with Gasteiger partial charge in [-0.25, -0.2) is 0 Å². The highest BCUT2D eigenvalue weighted by atomic mass is 35.5. The Morgan fingerprint density at radius 2 is 1.85 bits per heavy atom. The van der Waals surface area contributed by atoms with Crippen LogP contribution in [-0.4, -0.2) is 19.8 Å². The van der Waals surface area contributed by atoms with Gasteiger partial charge in [0.15, 0.2) is 0 Å². The van der Waals surface area contributed by atoms with Crippen molar-refractivity contribution in [3.8, 4) is 10.6 Å². The first-order valence-corrected chi connectivity index (χ1v) is 6.79. The molecule has 0 saturated carbocycles. The van der Waals surface area contributed by atoms with Crippen LogP contribution in [0.4, 0.5) is 13.2 Å². The third-order valence-electron chi connectivity index (χ3n) is 2.60. The maximum atomic E-state index is 12.7. The molecule has 3 rings (SSSR count). The molecule has 0 aliphatic carbocycles. The summed E-state index contributed by atoms with van der Waals surface area (Å²) in [7, 11) is 0. The summed E-state index contributed by atoms with van der Waals surface area (Å²) in [6.45, 7) is 0. The standard InChI is InChI=1S/C11H6ClF3N4S/c12-5-6-1-3-7(4-2-6)8-18-19-9(11(13,14)15)16-17-10(19)20-8/h1-4H,5H2. The van der Waals surface area contributed by atoms with Crippen LogP contribution in [-0.2, 0) is 12.1 Å². The van der Waals surface area contributed by atoms with Crippen molar-refractivity contribution in [2.24, 2.45) is 0 Å². The van der Waals surface area contributed by atoms with Crippen LogP contribution in [0.25, 0.3) is 15.5 Å². The van der Waals surface area contributed by atoms with E-state index in [0.29, 0.717) is 16.5 Å². The second-order valence-corrected chi connectivity index (χ2v) is 5.18. The van der Waals surface area contributed by atoms with Gasteiger partial charge < -0.3 is 0 Å². The van der Waals surface area contributed by atoms with Crippen LogP contribution in [0.5, 0.6) is 0 Å². The lowest BCUT2D eigenvalue weighted by Crippen LogP contribution is -2.11. The number of nitrogens with zero attached hydrogens (tertiary/aromatic N) is 4. The summed E-state index contributed by atoms with van der Waals surface area (Å²) in [5.74, 6) is -0.740. The monoisotopic (exact) mass is 318 g/mol. The summed E-state index contributed by atoms with van der Waals surface area (Å²) in [5.41, 5.74) is 1.64. The predicted molar refractivity (Wildman–Crippen MR) is 68.7 cm³/mol. The van der Waals surface area contributed by atoms with E-state index in [1.807, 2.05) is 0 Å². The van der Waals surface area contributed by atoms with E-state index in [0.717, 1.165) is 21.4 Å². The van der Waals surface area contributed by atoms with Crippen molar-refractivity contribution >= 4 is 27.9 Å². The summed E-state index contributed by atoms with van der Waals surface area (Å²) in [6, 6.07) is 7.12. The Morgan fingerprint density at radius 3 is 2.45 bits per heavy atom. The second-order valence-electron chi connectivity index (χ2n) is 3.95. The van der Waals surface area contributed by atoms with Crippen molar-refractivity contribution in [2.75, 3.05) is 0 Å². The Bertz CT molecular complexity index is 747. The SMILES string of the molecule is FC(F)(F)c1nnc2sc(-c3ccc(CCl)cc3)nn12. The molecule has 2 aromatic heterocycles. The Balaban J connectivity index is 2.06. The molecule has 20 heavy (non-hydrogen) atoms. The third-order valence-corrected chi connectivity index (χ3v) is 3.86. The smallest absolute Gasteiger partial charge is 0.178 e. The molecule has 9 heteroatoms. The largest absolute Gasteiger partial charge is 0.453 e. The lowest BCUT2D eigenvalue weighted by molar-refractivity contribution is -0.146. The molecule has 0 saturated heterocycles. The van der Waals surface area contributed by atoms with Gasteiger partial charge in [0.1, 0.15) is 5.01 Å². The summed E-state index contributed by atoms with van der Waals surface area (Å²) in [6.07, 6.45) is -4.58. The van der Waals surface area contributed by atoms with Gasteiger partial charge in [0.2, 0.25) is 4.96 Å². The van der Waals surface area contributed by atoms with Crippen LogP contribution in [0, 0.1) is 0 Å². The van der Waals surface area contributed by atoms with E-state index >= 15 is 0 Å². The molecule has 0 aliphatic heterocycles. The predicted octanol–water partition coefficient (Wildman–Crippen LogP) is 3.61. The molecule has 0 bridgehead atoms. The molecular weight excluding hydrogens is 313 g/mol. The van der Waals surface area contributed by atoms with Crippen LogP contribution in [0.1, 0.15) is 11.4 Å². The van der Waals surface area contributed by atoms with Crippen molar-refractivity contribution in [2.45, 2.75) is 12.1 Å². The second kappa shape index (κ2) is 4.71. The van der Waals surface area contributed by atoms with E-state index < -0.39 is 12.0 Å². The number of alkyl halides is 4. The first-order chi connectivity index (χ1) is 9.49. The molecule has 0 fully saturated rings. The molecule has 0 amide bonds. The molecule has 2 heterocycles. The van der Waals surface area contributed by atoms with E-state index in [-0.39, 0.29) is 4.96 Å². The molecule has 0 spiro atoms. The first-order valence-electron chi connectivity index (χ1n) is 5.44. The lowest BCUT2D eigenvalue weighted by atomic mass is 10.2. The van der Waals surface area contributed by atoms with Crippen LogP contribution < -0.4 is 0 Å². The fourth-order valence-corrected chi connectivity index (χ4v) is 2.67. The van der Waals surface area contributed by atoms with Crippen molar-refractivity contribution in [3.63, 3.8) is 0 Å². The Labute approximate surface area is 119 Å². The summed E-state index contributed by atoms with van der Waals surface area (Å²) in [5, 5.41) is 11.0. The number of benzene rings is 1. The molecule has 0 aliphatic rings. The zero-order valence-corrected chi connectivity index (χ0v) is 11.3. The van der Waals surface area contributed by atoms with E-state index in [4.69, 9.17) is 11.6 Å². The first kappa shape index (κ1) is 13.3. The molecule has 0 N–H and O–H groups in total. The van der Waals surface area contributed by atoms with Gasteiger partial charge in [0.05, 0.1) is 0 Å². The van der Waals surface area contributed by atoms with Crippen molar-refractivity contribution < 1.29 is 13.2 Å². The maximum Gasteiger partial charge on any atom is 0.453 e. The number of halogens is 4. The van der Waals surface area contributed by atoms with Gasteiger partial charge in [-0.3, -0.25) is 0 Å². The van der Waals surface area contributed by atoms with Gasteiger partial charge in [0, 0.05) is 11.4 Å².